The highest BCUT2D eigenvalue weighted by Crippen LogP contribution is 2.22. The third-order valence-corrected chi connectivity index (χ3v) is 7.28. The Morgan fingerprint density at radius 2 is 1.37 bits per heavy atom. The van der Waals surface area contributed by atoms with Crippen LogP contribution in [-0.2, 0) is 33.6 Å². The molecule has 0 radical (unpaired) electrons. The van der Waals surface area contributed by atoms with Crippen LogP contribution in [0.15, 0.2) is 103 Å². The molecular formula is C34H37N3O4. The molecule has 0 aliphatic carbocycles. The molecule has 0 heterocycles. The van der Waals surface area contributed by atoms with Gasteiger partial charge in [-0.2, -0.15) is 0 Å². The first-order valence-electron chi connectivity index (χ1n) is 14.1. The predicted molar refractivity (Wildman–Crippen MR) is 160 cm³/mol. The van der Waals surface area contributed by atoms with Crippen LogP contribution in [0.3, 0.4) is 0 Å². The van der Waals surface area contributed by atoms with Crippen molar-refractivity contribution in [1.29, 1.82) is 0 Å². The Bertz CT molecular complexity index is 1420. The van der Waals surface area contributed by atoms with E-state index in [0.717, 1.165) is 22.9 Å². The van der Waals surface area contributed by atoms with E-state index in [4.69, 9.17) is 5.21 Å². The quantitative estimate of drug-likeness (QED) is 0.134. The van der Waals surface area contributed by atoms with Gasteiger partial charge in [-0.05, 0) is 53.1 Å². The minimum Gasteiger partial charge on any atom is -0.354 e. The molecular weight excluding hydrogens is 514 g/mol. The van der Waals surface area contributed by atoms with Crippen LogP contribution < -0.4 is 16.1 Å². The molecule has 41 heavy (non-hydrogen) atoms. The van der Waals surface area contributed by atoms with E-state index in [1.165, 1.54) is 10.9 Å². The maximum Gasteiger partial charge on any atom is 0.244 e. The monoisotopic (exact) mass is 551 g/mol. The molecule has 7 heteroatoms. The van der Waals surface area contributed by atoms with Gasteiger partial charge < -0.3 is 10.6 Å². The number of hydroxylamine groups is 1. The minimum atomic E-state index is -0.807. The molecule has 0 aromatic heterocycles. The van der Waals surface area contributed by atoms with Crippen molar-refractivity contribution in [2.75, 3.05) is 6.54 Å². The Morgan fingerprint density at radius 3 is 2.10 bits per heavy atom. The SMILES string of the molecule is O=C(C[C@H](CCCc1cccc2ccccc12)C(=O)N[C@H](Cc1ccccc1)C(=O)NCCc1ccccc1)NO. The summed E-state index contributed by atoms with van der Waals surface area (Å²) in [5.74, 6) is -2.00. The summed E-state index contributed by atoms with van der Waals surface area (Å²) in [4.78, 5) is 38.9. The van der Waals surface area contributed by atoms with Crippen molar-refractivity contribution in [2.24, 2.45) is 5.92 Å². The predicted octanol–water partition coefficient (Wildman–Crippen LogP) is 4.76. The van der Waals surface area contributed by atoms with E-state index in [1.807, 2.05) is 78.9 Å². The highest BCUT2D eigenvalue weighted by Gasteiger charge is 2.27. The number of rotatable bonds is 14. The van der Waals surface area contributed by atoms with Crippen molar-refractivity contribution < 1.29 is 19.6 Å². The lowest BCUT2D eigenvalue weighted by Crippen LogP contribution is -2.50. The van der Waals surface area contributed by atoms with Crippen LogP contribution in [-0.4, -0.2) is 35.5 Å². The summed E-state index contributed by atoms with van der Waals surface area (Å²) in [5, 5.41) is 17.3. The van der Waals surface area contributed by atoms with Gasteiger partial charge in [0.25, 0.3) is 0 Å². The van der Waals surface area contributed by atoms with E-state index in [-0.39, 0.29) is 18.2 Å². The van der Waals surface area contributed by atoms with Gasteiger partial charge in [0, 0.05) is 25.3 Å². The average molecular weight is 552 g/mol. The fourth-order valence-electron chi connectivity index (χ4n) is 5.09. The fourth-order valence-corrected chi connectivity index (χ4v) is 5.09. The number of nitrogens with one attached hydrogen (secondary N) is 3. The van der Waals surface area contributed by atoms with Crippen LogP contribution in [0.4, 0.5) is 0 Å². The maximum absolute atomic E-state index is 13.5. The molecule has 0 saturated carbocycles. The molecule has 4 rings (SSSR count). The lowest BCUT2D eigenvalue weighted by Gasteiger charge is -2.22. The van der Waals surface area contributed by atoms with Gasteiger partial charge in [0.05, 0.1) is 0 Å². The van der Waals surface area contributed by atoms with Gasteiger partial charge in [-0.15, -0.1) is 0 Å². The summed E-state index contributed by atoms with van der Waals surface area (Å²) < 4.78 is 0. The second-order valence-electron chi connectivity index (χ2n) is 10.2. The molecule has 212 valence electrons. The molecule has 0 aliphatic rings. The van der Waals surface area contributed by atoms with Gasteiger partial charge in [0.1, 0.15) is 6.04 Å². The Kier molecular flexibility index (Phi) is 11.0. The van der Waals surface area contributed by atoms with Crippen molar-refractivity contribution in [3.05, 3.63) is 120 Å². The molecule has 0 spiro atoms. The third kappa shape index (κ3) is 9.01. The highest BCUT2D eigenvalue weighted by molar-refractivity contribution is 5.91. The first-order chi connectivity index (χ1) is 20.0. The smallest absolute Gasteiger partial charge is 0.244 e. The Hall–Kier alpha value is -4.49. The van der Waals surface area contributed by atoms with E-state index in [1.54, 1.807) is 5.48 Å². The summed E-state index contributed by atoms with van der Waals surface area (Å²) in [6, 6.07) is 32.9. The zero-order chi connectivity index (χ0) is 28.9. The van der Waals surface area contributed by atoms with Crippen molar-refractivity contribution in [3.63, 3.8) is 0 Å². The highest BCUT2D eigenvalue weighted by atomic mass is 16.5. The largest absolute Gasteiger partial charge is 0.354 e. The zero-order valence-electron chi connectivity index (χ0n) is 23.1. The Morgan fingerprint density at radius 1 is 0.707 bits per heavy atom. The number of carbonyl (C=O) groups excluding carboxylic acids is 3. The second kappa shape index (κ2) is 15.3. The summed E-state index contributed by atoms with van der Waals surface area (Å²) in [6.45, 7) is 0.436. The minimum absolute atomic E-state index is 0.175. The van der Waals surface area contributed by atoms with Crippen LogP contribution >= 0.6 is 0 Å². The lowest BCUT2D eigenvalue weighted by molar-refractivity contribution is -0.136. The van der Waals surface area contributed by atoms with Gasteiger partial charge in [-0.3, -0.25) is 19.6 Å². The second-order valence-corrected chi connectivity index (χ2v) is 10.2. The van der Waals surface area contributed by atoms with Crippen LogP contribution in [0.25, 0.3) is 10.8 Å². The van der Waals surface area contributed by atoms with Crippen molar-refractivity contribution in [1.82, 2.24) is 16.1 Å². The first kappa shape index (κ1) is 29.5. The molecule has 0 saturated heterocycles. The molecule has 4 aromatic rings. The van der Waals surface area contributed by atoms with Gasteiger partial charge in [0.15, 0.2) is 0 Å². The molecule has 4 aromatic carbocycles. The molecule has 0 aliphatic heterocycles. The van der Waals surface area contributed by atoms with E-state index >= 15 is 0 Å². The van der Waals surface area contributed by atoms with Gasteiger partial charge in [-0.1, -0.05) is 103 Å². The van der Waals surface area contributed by atoms with Crippen molar-refractivity contribution in [2.45, 2.75) is 44.6 Å². The summed E-state index contributed by atoms with van der Waals surface area (Å²) in [5.41, 5.74) is 4.84. The van der Waals surface area contributed by atoms with Gasteiger partial charge in [0.2, 0.25) is 17.7 Å². The van der Waals surface area contributed by atoms with Crippen LogP contribution in [0, 0.1) is 5.92 Å². The van der Waals surface area contributed by atoms with Gasteiger partial charge in [-0.25, -0.2) is 5.48 Å². The van der Waals surface area contributed by atoms with Crippen LogP contribution in [0.5, 0.6) is 0 Å². The summed E-state index contributed by atoms with van der Waals surface area (Å²) in [7, 11) is 0. The topological polar surface area (TPSA) is 108 Å². The standard InChI is InChI=1S/C34H37N3O4/c38-32(37-41)24-29(19-10-18-28-17-9-16-27-15-7-8-20-30(27)28)33(39)36-31(23-26-13-5-2-6-14-26)34(40)35-22-21-25-11-3-1-4-12-25/h1-9,11-17,20,29,31,41H,10,18-19,21-24H2,(H,35,40)(H,36,39)(H,37,38)/t29-,31+/m0/s1. The van der Waals surface area contributed by atoms with E-state index in [0.29, 0.717) is 32.2 Å². The van der Waals surface area contributed by atoms with E-state index < -0.39 is 17.9 Å². The molecule has 0 unspecified atom stereocenters. The molecule has 3 amide bonds. The number of fused-ring (bicyclic) bond motifs is 1. The summed E-state index contributed by atoms with van der Waals surface area (Å²) in [6.07, 6.45) is 2.64. The average Bonchev–Trinajstić information content (AvgIpc) is 3.01. The number of benzene rings is 4. The maximum atomic E-state index is 13.5. The molecule has 7 nitrogen and oxygen atoms in total. The van der Waals surface area contributed by atoms with Crippen LogP contribution in [0.2, 0.25) is 0 Å². The normalized spacial score (nSPS) is 12.3. The molecule has 2 atom stereocenters. The Labute approximate surface area is 240 Å². The number of amides is 3. The third-order valence-electron chi connectivity index (χ3n) is 7.28. The molecule has 0 bridgehead atoms. The lowest BCUT2D eigenvalue weighted by atomic mass is 9.93. The zero-order valence-corrected chi connectivity index (χ0v) is 23.1. The van der Waals surface area contributed by atoms with Crippen molar-refractivity contribution in [3.8, 4) is 0 Å². The fraction of sp³-hybridized carbons (Fsp3) is 0.265. The van der Waals surface area contributed by atoms with Crippen molar-refractivity contribution >= 4 is 28.5 Å². The Balaban J connectivity index is 1.42. The number of hydrogen-bond acceptors (Lipinski definition) is 4. The number of carbonyl (C=O) groups is 3. The molecule has 0 fully saturated rings. The van der Waals surface area contributed by atoms with Crippen LogP contribution in [0.1, 0.15) is 36.0 Å². The number of aryl methyl sites for hydroxylation is 1. The van der Waals surface area contributed by atoms with E-state index in [2.05, 4.69) is 34.9 Å². The first-order valence-corrected chi connectivity index (χ1v) is 14.1. The molecule has 4 N–H and O–H groups in total. The summed E-state index contributed by atoms with van der Waals surface area (Å²) >= 11 is 0. The van der Waals surface area contributed by atoms with Gasteiger partial charge >= 0.3 is 0 Å². The number of hydrogen-bond donors (Lipinski definition) is 4. The van der Waals surface area contributed by atoms with E-state index in [9.17, 15) is 14.4 Å².